The number of hydrogen-bond acceptors (Lipinski definition) is 5. The van der Waals surface area contributed by atoms with Crippen molar-refractivity contribution < 1.29 is 9.53 Å². The summed E-state index contributed by atoms with van der Waals surface area (Å²) in [5.74, 6) is 0.775. The minimum atomic E-state index is 0.355. The van der Waals surface area contributed by atoms with E-state index in [4.69, 9.17) is 14.8 Å². The number of carbonyl (C=O) groups excluding carboxylic acids is 1. The number of para-hydroxylation sites is 1. The lowest BCUT2D eigenvalue weighted by Gasteiger charge is -2.21. The van der Waals surface area contributed by atoms with Crippen LogP contribution >= 0.6 is 11.8 Å². The van der Waals surface area contributed by atoms with Gasteiger partial charge in [-0.3, -0.25) is 0 Å². The van der Waals surface area contributed by atoms with Crippen LogP contribution < -0.4 is 10.1 Å². The molecule has 4 nitrogen and oxygen atoms in total. The second-order valence-electron chi connectivity index (χ2n) is 5.99. The van der Waals surface area contributed by atoms with E-state index >= 15 is 0 Å². The number of nitrogens with zero attached hydrogens (tertiary/aromatic N) is 1. The van der Waals surface area contributed by atoms with Gasteiger partial charge in [0.2, 0.25) is 0 Å². The van der Waals surface area contributed by atoms with Crippen molar-refractivity contribution in [2.45, 2.75) is 57.9 Å². The van der Waals surface area contributed by atoms with Gasteiger partial charge in [0.1, 0.15) is 24.5 Å². The average molecular weight is 415 g/mol. The highest BCUT2D eigenvalue weighted by Crippen LogP contribution is 2.28. The second kappa shape index (κ2) is 17.8. The first-order valence-corrected chi connectivity index (χ1v) is 10.9. The maximum atomic E-state index is 8.87. The molecule has 0 amide bonds. The molecule has 0 aliphatic heterocycles. The molecule has 0 bridgehead atoms. The number of rotatable bonds is 10. The molecule has 1 unspecified atom stereocenters. The number of thiocyanates is 1. The Balaban J connectivity index is 0.00000184. The van der Waals surface area contributed by atoms with E-state index in [1.54, 1.807) is 0 Å². The van der Waals surface area contributed by atoms with Crippen molar-refractivity contribution in [1.82, 2.24) is 5.32 Å². The van der Waals surface area contributed by atoms with E-state index in [0.29, 0.717) is 12.6 Å². The van der Waals surface area contributed by atoms with Crippen LogP contribution in [0.25, 0.3) is 0 Å². The Bertz CT molecular complexity index is 716. The van der Waals surface area contributed by atoms with Crippen molar-refractivity contribution >= 4 is 18.6 Å². The molecule has 0 saturated heterocycles. The molecule has 0 aliphatic rings. The normalized spacial score (nSPS) is 10.4. The predicted octanol–water partition coefficient (Wildman–Crippen LogP) is 6.31. The summed E-state index contributed by atoms with van der Waals surface area (Å²) in [7, 11) is 0. The minimum Gasteiger partial charge on any atom is -0.491 e. The number of thioether (sulfide) groups is 1. The SMILES string of the molecule is C=O.CC.CCCCC(NCCOc1ccccc1SC#N)c1ccccc1C. The number of hydrogen-bond donors (Lipinski definition) is 1. The first kappa shape index (κ1) is 26.7. The van der Waals surface area contributed by atoms with Gasteiger partial charge in [-0.05, 0) is 48.4 Å². The highest BCUT2D eigenvalue weighted by molar-refractivity contribution is 8.03. The highest BCUT2D eigenvalue weighted by atomic mass is 32.2. The molecule has 0 aromatic heterocycles. The number of ether oxygens (including phenoxy) is 1. The quantitative estimate of drug-likeness (QED) is 0.280. The number of aryl methyl sites for hydroxylation is 1. The number of benzene rings is 2. The third kappa shape index (κ3) is 10.2. The van der Waals surface area contributed by atoms with Gasteiger partial charge >= 0.3 is 0 Å². The standard InChI is InChI=1S/C21H26N2OS.C2H6.CH2O/c1-3-4-11-19(18-10-6-5-9-17(18)2)23-14-15-24-20-12-7-8-13-21(20)25-16-22;2*1-2/h5-10,12-13,19,23H,3-4,11,14-15H2,1-2H3;1-2H3;1H2. The molecule has 2 aromatic rings. The van der Waals surface area contributed by atoms with Crippen molar-refractivity contribution in [2.24, 2.45) is 0 Å². The smallest absolute Gasteiger partial charge is 0.138 e. The summed E-state index contributed by atoms with van der Waals surface area (Å²) < 4.78 is 5.88. The van der Waals surface area contributed by atoms with Gasteiger partial charge in [-0.25, -0.2) is 0 Å². The molecule has 5 heteroatoms. The Morgan fingerprint density at radius 2 is 1.79 bits per heavy atom. The molecule has 2 rings (SSSR count). The average Bonchev–Trinajstić information content (AvgIpc) is 2.78. The van der Waals surface area contributed by atoms with Gasteiger partial charge in [-0.15, -0.1) is 0 Å². The van der Waals surface area contributed by atoms with E-state index in [1.165, 1.54) is 24.0 Å². The summed E-state index contributed by atoms with van der Waals surface area (Å²) in [4.78, 5) is 8.87. The topological polar surface area (TPSA) is 62.1 Å². The molecule has 0 saturated carbocycles. The maximum Gasteiger partial charge on any atom is 0.138 e. The zero-order valence-corrected chi connectivity index (χ0v) is 18.9. The predicted molar refractivity (Wildman–Crippen MR) is 123 cm³/mol. The van der Waals surface area contributed by atoms with Gasteiger partial charge in [-0.2, -0.15) is 5.26 Å². The first-order valence-electron chi connectivity index (χ1n) is 10.1. The van der Waals surface area contributed by atoms with Crippen LogP contribution in [0.15, 0.2) is 53.4 Å². The molecule has 1 N–H and O–H groups in total. The Hall–Kier alpha value is -2.29. The van der Waals surface area contributed by atoms with E-state index < -0.39 is 0 Å². The summed E-state index contributed by atoms with van der Waals surface area (Å²) in [5.41, 5.74) is 2.70. The molecule has 0 fully saturated rings. The lowest BCUT2D eigenvalue weighted by molar-refractivity contribution is -0.0979. The molecule has 158 valence electrons. The molecule has 0 radical (unpaired) electrons. The fourth-order valence-corrected chi connectivity index (χ4v) is 3.32. The van der Waals surface area contributed by atoms with Gasteiger partial charge in [0.15, 0.2) is 0 Å². The third-order valence-electron chi connectivity index (χ3n) is 4.17. The molecule has 0 heterocycles. The Labute approximate surface area is 180 Å². The van der Waals surface area contributed by atoms with Gasteiger partial charge in [0.05, 0.1) is 4.90 Å². The monoisotopic (exact) mass is 414 g/mol. The van der Waals surface area contributed by atoms with Gasteiger partial charge in [-0.1, -0.05) is 70.0 Å². The third-order valence-corrected chi connectivity index (χ3v) is 4.81. The number of nitrogens with one attached hydrogen (secondary N) is 1. The molecule has 29 heavy (non-hydrogen) atoms. The summed E-state index contributed by atoms with van der Waals surface area (Å²) in [5, 5.41) is 14.6. The maximum absolute atomic E-state index is 8.87. The zero-order chi connectivity index (χ0) is 21.9. The van der Waals surface area contributed by atoms with Crippen molar-refractivity contribution in [1.29, 1.82) is 5.26 Å². The summed E-state index contributed by atoms with van der Waals surface area (Å²) >= 11 is 1.14. The van der Waals surface area contributed by atoms with Crippen LogP contribution in [0, 0.1) is 17.6 Å². The van der Waals surface area contributed by atoms with Crippen molar-refractivity contribution in [3.8, 4) is 11.2 Å². The Kier molecular flexibility index (Phi) is 16.4. The first-order chi connectivity index (χ1) is 14.3. The van der Waals surface area contributed by atoms with Crippen LogP contribution in [0.5, 0.6) is 5.75 Å². The summed E-state index contributed by atoms with van der Waals surface area (Å²) in [6.07, 6.45) is 3.52. The van der Waals surface area contributed by atoms with Gasteiger partial charge in [0.25, 0.3) is 0 Å². The zero-order valence-electron chi connectivity index (χ0n) is 18.1. The van der Waals surface area contributed by atoms with E-state index in [9.17, 15) is 0 Å². The molecule has 2 aromatic carbocycles. The van der Waals surface area contributed by atoms with Crippen molar-refractivity contribution in [2.75, 3.05) is 13.2 Å². The number of nitriles is 1. The molecular formula is C24H34N2O2S. The molecular weight excluding hydrogens is 380 g/mol. The van der Waals surface area contributed by atoms with Crippen LogP contribution in [-0.4, -0.2) is 19.9 Å². The molecule has 0 spiro atoms. The Morgan fingerprint density at radius 3 is 2.45 bits per heavy atom. The lowest BCUT2D eigenvalue weighted by Crippen LogP contribution is -2.27. The molecule has 0 aliphatic carbocycles. The minimum absolute atomic E-state index is 0.355. The molecule has 1 atom stereocenters. The lowest BCUT2D eigenvalue weighted by atomic mass is 9.97. The van der Waals surface area contributed by atoms with Crippen LogP contribution in [0.3, 0.4) is 0 Å². The fraction of sp³-hybridized carbons (Fsp3) is 0.417. The summed E-state index contributed by atoms with van der Waals surface area (Å²) in [6.45, 7) is 11.7. The van der Waals surface area contributed by atoms with E-state index in [1.807, 2.05) is 44.9 Å². The van der Waals surface area contributed by atoms with Gasteiger partial charge < -0.3 is 14.8 Å². The van der Waals surface area contributed by atoms with Gasteiger partial charge in [0, 0.05) is 12.6 Å². The second-order valence-corrected chi connectivity index (χ2v) is 6.82. The van der Waals surface area contributed by atoms with E-state index in [-0.39, 0.29) is 0 Å². The van der Waals surface area contributed by atoms with Crippen molar-refractivity contribution in [3.05, 3.63) is 59.7 Å². The van der Waals surface area contributed by atoms with Crippen LogP contribution in [0.4, 0.5) is 0 Å². The summed E-state index contributed by atoms with van der Waals surface area (Å²) in [6, 6.07) is 16.6. The largest absolute Gasteiger partial charge is 0.491 e. The fourth-order valence-electron chi connectivity index (χ4n) is 2.85. The van der Waals surface area contributed by atoms with Crippen LogP contribution in [0.1, 0.15) is 57.2 Å². The van der Waals surface area contributed by atoms with E-state index in [2.05, 4.69) is 48.8 Å². The van der Waals surface area contributed by atoms with Crippen LogP contribution in [0.2, 0.25) is 0 Å². The number of unbranched alkanes of at least 4 members (excludes halogenated alkanes) is 1. The highest BCUT2D eigenvalue weighted by Gasteiger charge is 2.12. The Morgan fingerprint density at radius 1 is 1.14 bits per heavy atom. The van der Waals surface area contributed by atoms with Crippen molar-refractivity contribution in [3.63, 3.8) is 0 Å². The van der Waals surface area contributed by atoms with Crippen LogP contribution in [-0.2, 0) is 4.79 Å². The number of carbonyl (C=O) groups is 1. The van der Waals surface area contributed by atoms with E-state index in [0.717, 1.165) is 35.4 Å².